The summed E-state index contributed by atoms with van der Waals surface area (Å²) < 4.78 is 10.8. The van der Waals surface area contributed by atoms with Crippen LogP contribution in [0.15, 0.2) is 42.5 Å². The van der Waals surface area contributed by atoms with Gasteiger partial charge in [-0.25, -0.2) is 0 Å². The van der Waals surface area contributed by atoms with Gasteiger partial charge in [-0.15, -0.1) is 0 Å². The summed E-state index contributed by atoms with van der Waals surface area (Å²) in [5, 5.41) is 3.68. The number of nitrogens with zero attached hydrogens (tertiary/aromatic N) is 1. The number of ether oxygens (including phenoxy) is 2. The fraction of sp³-hybridized carbons (Fsp3) is 0.381. The number of methoxy groups -OCH3 is 2. The highest BCUT2D eigenvalue weighted by molar-refractivity contribution is 6.30. The van der Waals surface area contributed by atoms with Gasteiger partial charge in [-0.1, -0.05) is 29.8 Å². The van der Waals surface area contributed by atoms with Crippen LogP contribution in [-0.2, 0) is 11.3 Å². The fourth-order valence-electron chi connectivity index (χ4n) is 3.50. The third-order valence-electron chi connectivity index (χ3n) is 4.91. The number of amides is 1. The van der Waals surface area contributed by atoms with Crippen molar-refractivity contribution in [1.82, 2.24) is 10.2 Å². The van der Waals surface area contributed by atoms with Crippen LogP contribution in [0.2, 0.25) is 5.02 Å². The van der Waals surface area contributed by atoms with E-state index in [4.69, 9.17) is 21.1 Å². The molecule has 2 aromatic rings. The Morgan fingerprint density at radius 1 is 1.19 bits per heavy atom. The zero-order valence-electron chi connectivity index (χ0n) is 15.7. The van der Waals surface area contributed by atoms with Gasteiger partial charge in [0.1, 0.15) is 11.5 Å². The monoisotopic (exact) mass is 388 g/mol. The summed E-state index contributed by atoms with van der Waals surface area (Å²) in [4.78, 5) is 14.7. The SMILES string of the molecule is COc1ccc([C@@H]2CCCN2CC(=O)NCc2ccc(Cl)cc2)c(OC)c1. The molecule has 0 aliphatic carbocycles. The maximum absolute atomic E-state index is 12.4. The summed E-state index contributed by atoms with van der Waals surface area (Å²) in [6.07, 6.45) is 2.07. The Hall–Kier alpha value is -2.24. The van der Waals surface area contributed by atoms with Crippen LogP contribution in [0.5, 0.6) is 11.5 Å². The molecule has 1 aliphatic heterocycles. The van der Waals surface area contributed by atoms with Gasteiger partial charge in [0.2, 0.25) is 5.91 Å². The molecule has 1 aliphatic rings. The number of nitrogens with one attached hydrogen (secondary N) is 1. The Morgan fingerprint density at radius 3 is 2.67 bits per heavy atom. The van der Waals surface area contributed by atoms with Crippen molar-refractivity contribution >= 4 is 17.5 Å². The van der Waals surface area contributed by atoms with E-state index in [-0.39, 0.29) is 11.9 Å². The number of carbonyl (C=O) groups excluding carboxylic acids is 1. The quantitative estimate of drug-likeness (QED) is 0.783. The van der Waals surface area contributed by atoms with Crippen molar-refractivity contribution in [3.8, 4) is 11.5 Å². The smallest absolute Gasteiger partial charge is 0.234 e. The van der Waals surface area contributed by atoms with Crippen LogP contribution in [0.25, 0.3) is 0 Å². The molecule has 0 aromatic heterocycles. The van der Waals surface area contributed by atoms with E-state index < -0.39 is 0 Å². The molecule has 0 unspecified atom stereocenters. The average Bonchev–Trinajstić information content (AvgIpc) is 3.14. The van der Waals surface area contributed by atoms with Crippen LogP contribution in [0.3, 0.4) is 0 Å². The minimum absolute atomic E-state index is 0.0179. The lowest BCUT2D eigenvalue weighted by Gasteiger charge is -2.26. The number of halogens is 1. The van der Waals surface area contributed by atoms with Gasteiger partial charge in [-0.3, -0.25) is 9.69 Å². The summed E-state index contributed by atoms with van der Waals surface area (Å²) in [5.41, 5.74) is 2.13. The molecule has 1 atom stereocenters. The molecule has 1 fully saturated rings. The van der Waals surface area contributed by atoms with E-state index in [0.29, 0.717) is 18.1 Å². The minimum Gasteiger partial charge on any atom is -0.497 e. The van der Waals surface area contributed by atoms with Gasteiger partial charge in [-0.05, 0) is 43.1 Å². The Balaban J connectivity index is 1.62. The van der Waals surface area contributed by atoms with Crippen LogP contribution < -0.4 is 14.8 Å². The second-order valence-corrected chi connectivity index (χ2v) is 7.08. The molecular weight excluding hydrogens is 364 g/mol. The molecule has 0 radical (unpaired) electrons. The first-order valence-electron chi connectivity index (χ1n) is 9.08. The third kappa shape index (κ3) is 4.93. The van der Waals surface area contributed by atoms with Gasteiger partial charge >= 0.3 is 0 Å². The predicted octanol–water partition coefficient (Wildman–Crippen LogP) is 3.81. The van der Waals surface area contributed by atoms with Gasteiger partial charge in [-0.2, -0.15) is 0 Å². The first-order chi connectivity index (χ1) is 13.1. The predicted molar refractivity (Wildman–Crippen MR) is 106 cm³/mol. The highest BCUT2D eigenvalue weighted by Crippen LogP contribution is 2.38. The Labute approximate surface area is 165 Å². The maximum atomic E-state index is 12.4. The zero-order chi connectivity index (χ0) is 19.2. The fourth-order valence-corrected chi connectivity index (χ4v) is 3.63. The van der Waals surface area contributed by atoms with Crippen LogP contribution >= 0.6 is 11.6 Å². The number of hydrogen-bond donors (Lipinski definition) is 1. The number of hydrogen-bond acceptors (Lipinski definition) is 4. The van der Waals surface area contributed by atoms with Gasteiger partial charge in [0, 0.05) is 29.2 Å². The topological polar surface area (TPSA) is 50.8 Å². The number of benzene rings is 2. The molecule has 6 heteroatoms. The largest absolute Gasteiger partial charge is 0.497 e. The van der Waals surface area contributed by atoms with Crippen molar-refractivity contribution < 1.29 is 14.3 Å². The van der Waals surface area contributed by atoms with E-state index in [9.17, 15) is 4.79 Å². The molecule has 1 heterocycles. The van der Waals surface area contributed by atoms with Crippen molar-refractivity contribution in [2.45, 2.75) is 25.4 Å². The molecule has 3 rings (SSSR count). The molecule has 1 amide bonds. The number of rotatable bonds is 7. The highest BCUT2D eigenvalue weighted by atomic mass is 35.5. The highest BCUT2D eigenvalue weighted by Gasteiger charge is 2.29. The Bertz CT molecular complexity index is 779. The minimum atomic E-state index is 0.0179. The lowest BCUT2D eigenvalue weighted by Crippen LogP contribution is -2.36. The van der Waals surface area contributed by atoms with Gasteiger partial charge in [0.25, 0.3) is 0 Å². The first kappa shape index (κ1) is 19.5. The van der Waals surface area contributed by atoms with Crippen LogP contribution in [0.1, 0.15) is 30.0 Å². The molecule has 27 heavy (non-hydrogen) atoms. The lowest BCUT2D eigenvalue weighted by atomic mass is 10.0. The van der Waals surface area contributed by atoms with Crippen molar-refractivity contribution in [3.63, 3.8) is 0 Å². The average molecular weight is 389 g/mol. The van der Waals surface area contributed by atoms with E-state index in [1.54, 1.807) is 14.2 Å². The first-order valence-corrected chi connectivity index (χ1v) is 9.45. The second kappa shape index (κ2) is 9.11. The standard InChI is InChI=1S/C21H25ClN2O3/c1-26-17-9-10-18(20(12-17)27-2)19-4-3-11-24(19)14-21(25)23-13-15-5-7-16(22)8-6-15/h5-10,12,19H,3-4,11,13-14H2,1-2H3,(H,23,25)/t19-/m0/s1. The number of likely N-dealkylation sites (tertiary alicyclic amines) is 1. The molecule has 0 bridgehead atoms. The summed E-state index contributed by atoms with van der Waals surface area (Å²) in [7, 11) is 3.30. The van der Waals surface area contributed by atoms with Crippen LogP contribution in [0, 0.1) is 0 Å². The lowest BCUT2D eigenvalue weighted by molar-refractivity contribution is -0.122. The molecule has 1 N–H and O–H groups in total. The van der Waals surface area contributed by atoms with Crippen molar-refractivity contribution in [1.29, 1.82) is 0 Å². The van der Waals surface area contributed by atoms with E-state index in [2.05, 4.69) is 10.2 Å². The van der Waals surface area contributed by atoms with E-state index in [0.717, 1.165) is 42.0 Å². The van der Waals surface area contributed by atoms with E-state index in [1.165, 1.54) is 0 Å². The summed E-state index contributed by atoms with van der Waals surface area (Å²) in [5.74, 6) is 1.58. The van der Waals surface area contributed by atoms with Gasteiger partial charge in [0.15, 0.2) is 0 Å². The van der Waals surface area contributed by atoms with Gasteiger partial charge < -0.3 is 14.8 Å². The zero-order valence-corrected chi connectivity index (χ0v) is 16.5. The molecule has 2 aromatic carbocycles. The van der Waals surface area contributed by atoms with E-state index in [1.807, 2.05) is 42.5 Å². The normalized spacial score (nSPS) is 16.9. The summed E-state index contributed by atoms with van der Waals surface area (Å²) >= 11 is 5.89. The maximum Gasteiger partial charge on any atom is 0.234 e. The Kier molecular flexibility index (Phi) is 6.58. The van der Waals surface area contributed by atoms with Crippen LogP contribution in [0.4, 0.5) is 0 Å². The third-order valence-corrected chi connectivity index (χ3v) is 5.16. The second-order valence-electron chi connectivity index (χ2n) is 6.64. The number of carbonyl (C=O) groups is 1. The molecule has 1 saturated heterocycles. The molecule has 0 saturated carbocycles. The van der Waals surface area contributed by atoms with E-state index >= 15 is 0 Å². The van der Waals surface area contributed by atoms with Crippen molar-refractivity contribution in [2.75, 3.05) is 27.3 Å². The van der Waals surface area contributed by atoms with Crippen molar-refractivity contribution in [3.05, 3.63) is 58.6 Å². The van der Waals surface area contributed by atoms with Crippen molar-refractivity contribution in [2.24, 2.45) is 0 Å². The molecule has 0 spiro atoms. The summed E-state index contributed by atoms with van der Waals surface area (Å²) in [6.45, 7) is 1.77. The molecular formula is C21H25ClN2O3. The van der Waals surface area contributed by atoms with Gasteiger partial charge in [0.05, 0.1) is 20.8 Å². The summed E-state index contributed by atoms with van der Waals surface area (Å²) in [6, 6.07) is 13.5. The molecule has 5 nitrogen and oxygen atoms in total. The van der Waals surface area contributed by atoms with Crippen LogP contribution in [-0.4, -0.2) is 38.1 Å². The molecule has 144 valence electrons. The Morgan fingerprint density at radius 2 is 1.96 bits per heavy atom.